The molecule has 6 aromatic carbocycles. The topological polar surface area (TPSA) is 226 Å². The largest absolute Gasteiger partial charge is 0.489 e. The average molecular weight is 1140 g/mol. The number of benzene rings is 6. The zero-order chi connectivity index (χ0) is 57.8. The quantitative estimate of drug-likeness (QED) is 0.0261. The van der Waals surface area contributed by atoms with E-state index in [1.807, 2.05) is 111 Å². The average Bonchev–Trinajstić information content (AvgIpc) is 4.57. The number of ether oxygens (including phenoxy) is 2. The van der Waals surface area contributed by atoms with Crippen molar-refractivity contribution in [3.8, 4) is 17.1 Å². The lowest BCUT2D eigenvalue weighted by Crippen LogP contribution is -2.40. The first-order valence-corrected chi connectivity index (χ1v) is 28.7. The van der Waals surface area contributed by atoms with Gasteiger partial charge in [-0.1, -0.05) is 90.5 Å². The summed E-state index contributed by atoms with van der Waals surface area (Å²) < 4.78 is 14.5. The molecule has 1 saturated heterocycles. The smallest absolute Gasteiger partial charge is 0.251 e. The third-order valence-electron chi connectivity index (χ3n) is 14.9. The summed E-state index contributed by atoms with van der Waals surface area (Å²) in [6, 6.07) is 42.2. The number of nitrogens with two attached hydrogens (primary N) is 2. The van der Waals surface area contributed by atoms with Gasteiger partial charge in [-0.3, -0.25) is 24.1 Å². The number of anilines is 2. The van der Waals surface area contributed by atoms with Crippen LogP contribution in [-0.4, -0.2) is 106 Å². The second-order valence-electron chi connectivity index (χ2n) is 21.4. The van der Waals surface area contributed by atoms with Gasteiger partial charge in [-0.25, -0.2) is 9.36 Å². The molecule has 8 N–H and O–H groups in total. The SMILES string of the molecule is Cc1ccc(C(=O)NC2CC2)cc1-n1ncc(C(=O)c2cccc(CNCCN3CCOCC3)c2)c1N.Cc1ccc(C(=O)NC2CC2)cc1-n1ncc(C(=O)c2cccc(CNCCc3cc(Cl)ccc3OCc3ccccc3)c2)c1N. The van der Waals surface area contributed by atoms with Crippen LogP contribution in [0, 0.1) is 13.8 Å². The van der Waals surface area contributed by atoms with E-state index in [-0.39, 0.29) is 47.1 Å². The second-order valence-corrected chi connectivity index (χ2v) is 21.8. The summed E-state index contributed by atoms with van der Waals surface area (Å²) in [5, 5.41) is 22.4. The molecule has 0 spiro atoms. The van der Waals surface area contributed by atoms with Crippen LogP contribution >= 0.6 is 11.6 Å². The van der Waals surface area contributed by atoms with Crippen LogP contribution in [0.2, 0.25) is 5.02 Å². The lowest BCUT2D eigenvalue weighted by molar-refractivity contribution is 0.0384. The first kappa shape index (κ1) is 57.8. The molecule has 0 unspecified atom stereocenters. The predicted octanol–water partition coefficient (Wildman–Crippen LogP) is 8.76. The van der Waals surface area contributed by atoms with Gasteiger partial charge in [-0.15, -0.1) is 0 Å². The van der Waals surface area contributed by atoms with E-state index in [1.165, 1.54) is 21.8 Å². The number of hydrogen-bond donors (Lipinski definition) is 6. The first-order valence-electron chi connectivity index (χ1n) is 28.3. The summed E-state index contributed by atoms with van der Waals surface area (Å²) in [4.78, 5) is 54.5. The van der Waals surface area contributed by atoms with Gasteiger partial charge >= 0.3 is 0 Å². The monoisotopic (exact) mass is 1140 g/mol. The Morgan fingerprint density at radius 1 is 0.602 bits per heavy atom. The van der Waals surface area contributed by atoms with Crippen LogP contribution in [-0.2, 0) is 30.9 Å². The molecule has 428 valence electrons. The summed E-state index contributed by atoms with van der Waals surface area (Å²) in [6.07, 6.45) is 7.77. The van der Waals surface area contributed by atoms with Crippen molar-refractivity contribution in [3.05, 3.63) is 218 Å². The van der Waals surface area contributed by atoms with Crippen molar-refractivity contribution >= 4 is 46.6 Å². The predicted molar refractivity (Wildman–Crippen MR) is 323 cm³/mol. The minimum Gasteiger partial charge on any atom is -0.489 e. The molecule has 11 rings (SSSR count). The Hall–Kier alpha value is -8.45. The summed E-state index contributed by atoms with van der Waals surface area (Å²) in [5.41, 5.74) is 22.9. The Morgan fingerprint density at radius 2 is 1.12 bits per heavy atom. The van der Waals surface area contributed by atoms with Gasteiger partial charge in [0.05, 0.1) is 48.1 Å². The van der Waals surface area contributed by atoms with Crippen molar-refractivity contribution in [1.29, 1.82) is 0 Å². The number of aromatic nitrogens is 4. The van der Waals surface area contributed by atoms with Crippen LogP contribution in [0.1, 0.15) is 112 Å². The minimum absolute atomic E-state index is 0.110. The molecule has 2 aliphatic carbocycles. The number of halogens is 1. The van der Waals surface area contributed by atoms with Gasteiger partial charge in [0, 0.05) is 78.6 Å². The van der Waals surface area contributed by atoms with Gasteiger partial charge in [0.1, 0.15) is 24.0 Å². The molecular weight excluding hydrogens is 1070 g/mol. The van der Waals surface area contributed by atoms with Gasteiger partial charge in [-0.05, 0) is 140 Å². The number of carbonyl (C=O) groups is 4. The zero-order valence-corrected chi connectivity index (χ0v) is 47.6. The molecule has 3 fully saturated rings. The number of nitrogens with one attached hydrogen (secondary N) is 4. The molecular formula is C65H70ClN11O6. The van der Waals surface area contributed by atoms with Crippen LogP contribution in [0.15, 0.2) is 146 Å². The normalized spacial score (nSPS) is 14.1. The number of carbonyl (C=O) groups excluding carboxylic acids is 4. The maximum Gasteiger partial charge on any atom is 0.251 e. The lowest BCUT2D eigenvalue weighted by atomic mass is 10.0. The van der Waals surface area contributed by atoms with Crippen molar-refractivity contribution in [3.63, 3.8) is 0 Å². The highest BCUT2D eigenvalue weighted by Crippen LogP contribution is 2.29. The molecule has 0 atom stereocenters. The maximum atomic E-state index is 13.6. The van der Waals surface area contributed by atoms with Crippen molar-refractivity contribution in [2.24, 2.45) is 0 Å². The Balaban J connectivity index is 0.000000190. The van der Waals surface area contributed by atoms with E-state index in [4.69, 9.17) is 32.5 Å². The Labute approximate surface area is 488 Å². The van der Waals surface area contributed by atoms with Crippen molar-refractivity contribution in [1.82, 2.24) is 45.7 Å². The molecule has 18 heteroatoms. The highest BCUT2D eigenvalue weighted by Gasteiger charge is 2.27. The van der Waals surface area contributed by atoms with Crippen molar-refractivity contribution in [2.45, 2.75) is 77.7 Å². The molecule has 17 nitrogen and oxygen atoms in total. The number of nitrogens with zero attached hydrogens (tertiary/aromatic N) is 5. The summed E-state index contributed by atoms with van der Waals surface area (Å²) >= 11 is 6.29. The highest BCUT2D eigenvalue weighted by atomic mass is 35.5. The third-order valence-corrected chi connectivity index (χ3v) is 15.1. The third kappa shape index (κ3) is 15.2. The van der Waals surface area contributed by atoms with E-state index in [0.29, 0.717) is 76.0 Å². The lowest BCUT2D eigenvalue weighted by Gasteiger charge is -2.26. The molecule has 2 saturated carbocycles. The number of aryl methyl sites for hydroxylation is 2. The number of ketones is 2. The number of nitrogen functional groups attached to an aromatic ring is 2. The van der Waals surface area contributed by atoms with Crippen LogP contribution in [0.5, 0.6) is 5.75 Å². The van der Waals surface area contributed by atoms with Crippen LogP contribution < -0.4 is 37.5 Å². The second kappa shape index (κ2) is 27.1. The fraction of sp³-hybridized carbons (Fsp3) is 0.292. The van der Waals surface area contributed by atoms with E-state index < -0.39 is 0 Å². The van der Waals surface area contributed by atoms with Gasteiger partial charge in [0.15, 0.2) is 11.6 Å². The molecule has 8 aromatic rings. The van der Waals surface area contributed by atoms with E-state index in [2.05, 4.69) is 36.4 Å². The van der Waals surface area contributed by atoms with E-state index in [0.717, 1.165) is 111 Å². The van der Waals surface area contributed by atoms with Crippen LogP contribution in [0.3, 0.4) is 0 Å². The van der Waals surface area contributed by atoms with Crippen molar-refractivity contribution < 1.29 is 28.7 Å². The Morgan fingerprint density at radius 3 is 1.65 bits per heavy atom. The molecule has 2 amide bonds. The molecule has 2 aromatic heterocycles. The van der Waals surface area contributed by atoms with Gasteiger partial charge in [0.2, 0.25) is 0 Å². The molecule has 1 aliphatic heterocycles. The summed E-state index contributed by atoms with van der Waals surface area (Å²) in [6.45, 7) is 11.6. The van der Waals surface area contributed by atoms with E-state index >= 15 is 0 Å². The molecule has 0 radical (unpaired) electrons. The maximum absolute atomic E-state index is 13.6. The van der Waals surface area contributed by atoms with E-state index in [1.54, 1.807) is 36.4 Å². The fourth-order valence-electron chi connectivity index (χ4n) is 9.73. The Bertz CT molecular complexity index is 3610. The van der Waals surface area contributed by atoms with Crippen LogP contribution in [0.4, 0.5) is 11.6 Å². The number of morpholine rings is 1. The summed E-state index contributed by atoms with van der Waals surface area (Å²) in [7, 11) is 0. The molecule has 83 heavy (non-hydrogen) atoms. The van der Waals surface area contributed by atoms with Gasteiger partial charge < -0.3 is 42.2 Å². The minimum atomic E-state index is -0.218. The number of hydrogen-bond acceptors (Lipinski definition) is 13. The first-order chi connectivity index (χ1) is 40.3. The summed E-state index contributed by atoms with van der Waals surface area (Å²) in [5.74, 6) is 0.653. The van der Waals surface area contributed by atoms with E-state index in [9.17, 15) is 19.2 Å². The van der Waals surface area contributed by atoms with Crippen LogP contribution in [0.25, 0.3) is 11.4 Å². The van der Waals surface area contributed by atoms with Crippen molar-refractivity contribution in [2.75, 3.05) is 57.4 Å². The number of rotatable bonds is 23. The van der Waals surface area contributed by atoms with Gasteiger partial charge in [0.25, 0.3) is 11.8 Å². The molecule has 0 bridgehead atoms. The van der Waals surface area contributed by atoms with Gasteiger partial charge in [-0.2, -0.15) is 10.2 Å². The number of amides is 2. The molecule has 3 heterocycles. The fourth-order valence-corrected chi connectivity index (χ4v) is 9.92. The Kier molecular flexibility index (Phi) is 18.9. The zero-order valence-electron chi connectivity index (χ0n) is 46.8. The molecule has 3 aliphatic rings. The standard InChI is InChI=1S/C37H36ClN5O3.C28H34N6O3/c1-24-10-11-29(37(45)42-31-13-14-31)20-33(24)43-36(39)32(22-41-43)35(44)28-9-5-8-26(18-28)21-40-17-16-27-19-30(38)12-15-34(27)46-23-25-6-3-2-4-7-25;1-19-5-6-22(28(36)32-23-7-8-23)16-25(19)34-27(29)24(18-31-34)26(35)21-4-2-3-20(15-21)17-30-9-10-33-11-13-37-14-12-33/h2-12,15,18-20,22,31,40H,13-14,16-17,21,23,39H2,1H3,(H,42,45);2-6,15-16,18,23,30H,7-14,17,29H2,1H3,(H,32,36). The highest BCUT2D eigenvalue weighted by molar-refractivity contribution is 6.30.